The van der Waals surface area contributed by atoms with Crippen molar-refractivity contribution in [1.29, 1.82) is 0 Å². The molecule has 0 unspecified atom stereocenters. The highest BCUT2D eigenvalue weighted by Crippen LogP contribution is 2.30. The monoisotopic (exact) mass is 380 g/mol. The van der Waals surface area contributed by atoms with Crippen molar-refractivity contribution in [2.75, 3.05) is 18.5 Å². The van der Waals surface area contributed by atoms with Gasteiger partial charge in [0.2, 0.25) is 0 Å². The first-order valence-corrected chi connectivity index (χ1v) is 9.42. The number of fused-ring (bicyclic) bond motifs is 3. The van der Waals surface area contributed by atoms with E-state index < -0.39 is 11.9 Å². The summed E-state index contributed by atoms with van der Waals surface area (Å²) < 4.78 is 12.1. The summed E-state index contributed by atoms with van der Waals surface area (Å²) in [5.74, 6) is -1.42. The van der Waals surface area contributed by atoms with E-state index in [1.807, 2.05) is 30.3 Å². The average Bonchev–Trinajstić information content (AvgIpc) is 3.01. The second kappa shape index (κ2) is 8.61. The molecular formula is C22H24N2O4. The van der Waals surface area contributed by atoms with Gasteiger partial charge in [-0.3, -0.25) is 0 Å². The zero-order valence-electron chi connectivity index (χ0n) is 16.3. The van der Waals surface area contributed by atoms with Crippen LogP contribution in [0.25, 0.3) is 21.8 Å². The van der Waals surface area contributed by atoms with E-state index in [1.165, 1.54) is 17.1 Å². The molecule has 0 radical (unpaired) electrons. The van der Waals surface area contributed by atoms with Crippen LogP contribution in [0.4, 0.5) is 5.69 Å². The molecule has 0 fully saturated rings. The predicted octanol–water partition coefficient (Wildman–Crippen LogP) is 4.24. The van der Waals surface area contributed by atoms with Crippen molar-refractivity contribution in [3.8, 4) is 0 Å². The number of aryl methyl sites for hydroxylation is 1. The largest absolute Gasteiger partial charge is 0.462 e. The molecule has 28 heavy (non-hydrogen) atoms. The smallest absolute Gasteiger partial charge is 0.347 e. The molecule has 1 aromatic heterocycles. The number of anilines is 1. The topological polar surface area (TPSA) is 69.6 Å². The fourth-order valence-corrected chi connectivity index (χ4v) is 3.25. The first-order valence-electron chi connectivity index (χ1n) is 9.42. The SMILES string of the molecule is CCOC(=O)C(=CNc1ccc2c3ccccc3n(CC)c2c1)C(=O)OCC. The van der Waals surface area contributed by atoms with E-state index in [2.05, 4.69) is 28.9 Å². The normalized spacial score (nSPS) is 10.7. The predicted molar refractivity (Wildman–Crippen MR) is 110 cm³/mol. The highest BCUT2D eigenvalue weighted by molar-refractivity contribution is 6.14. The Labute approximate surface area is 163 Å². The van der Waals surface area contributed by atoms with Crippen molar-refractivity contribution in [3.05, 3.63) is 54.2 Å². The maximum Gasteiger partial charge on any atom is 0.347 e. The number of carbonyl (C=O) groups is 2. The summed E-state index contributed by atoms with van der Waals surface area (Å²) in [4.78, 5) is 24.2. The number of carbonyl (C=O) groups excluding carboxylic acids is 2. The molecule has 1 heterocycles. The molecule has 0 amide bonds. The molecule has 3 rings (SSSR count). The first-order chi connectivity index (χ1) is 13.6. The Balaban J connectivity index is 1.98. The number of hydrogen-bond acceptors (Lipinski definition) is 5. The minimum atomic E-state index is -0.711. The van der Waals surface area contributed by atoms with E-state index in [9.17, 15) is 9.59 Å². The van der Waals surface area contributed by atoms with E-state index in [-0.39, 0.29) is 18.8 Å². The summed E-state index contributed by atoms with van der Waals surface area (Å²) >= 11 is 0. The van der Waals surface area contributed by atoms with Gasteiger partial charge >= 0.3 is 11.9 Å². The van der Waals surface area contributed by atoms with Crippen LogP contribution in [0.2, 0.25) is 0 Å². The molecule has 6 nitrogen and oxygen atoms in total. The van der Waals surface area contributed by atoms with Crippen LogP contribution >= 0.6 is 0 Å². The Bertz CT molecular complexity index is 1030. The minimum Gasteiger partial charge on any atom is -0.462 e. The van der Waals surface area contributed by atoms with Gasteiger partial charge in [0.25, 0.3) is 0 Å². The quantitative estimate of drug-likeness (QED) is 0.287. The van der Waals surface area contributed by atoms with E-state index in [0.29, 0.717) is 0 Å². The van der Waals surface area contributed by atoms with E-state index >= 15 is 0 Å². The summed E-state index contributed by atoms with van der Waals surface area (Å²) in [5.41, 5.74) is 2.85. The van der Waals surface area contributed by atoms with Crippen molar-refractivity contribution >= 4 is 39.4 Å². The van der Waals surface area contributed by atoms with Gasteiger partial charge in [-0.15, -0.1) is 0 Å². The molecular weight excluding hydrogens is 356 g/mol. The summed E-state index contributed by atoms with van der Waals surface area (Å²) in [6, 6.07) is 14.2. The highest BCUT2D eigenvalue weighted by Gasteiger charge is 2.21. The molecule has 0 aliphatic carbocycles. The first kappa shape index (κ1) is 19.5. The summed E-state index contributed by atoms with van der Waals surface area (Å²) in [6.45, 7) is 6.67. The number of esters is 2. The van der Waals surface area contributed by atoms with Crippen LogP contribution in [0.15, 0.2) is 54.2 Å². The van der Waals surface area contributed by atoms with Crippen molar-refractivity contribution in [3.63, 3.8) is 0 Å². The number of hydrogen-bond donors (Lipinski definition) is 1. The highest BCUT2D eigenvalue weighted by atomic mass is 16.6. The van der Waals surface area contributed by atoms with Gasteiger partial charge in [-0.25, -0.2) is 9.59 Å². The minimum absolute atomic E-state index is 0.167. The van der Waals surface area contributed by atoms with Crippen LogP contribution in [0.5, 0.6) is 0 Å². The lowest BCUT2D eigenvalue weighted by atomic mass is 10.1. The van der Waals surface area contributed by atoms with Crippen LogP contribution in [-0.4, -0.2) is 29.7 Å². The molecule has 1 N–H and O–H groups in total. The van der Waals surface area contributed by atoms with E-state index in [0.717, 1.165) is 23.1 Å². The number of nitrogens with one attached hydrogen (secondary N) is 1. The summed E-state index contributed by atoms with van der Waals surface area (Å²) in [5, 5.41) is 5.38. The number of benzene rings is 2. The third-order valence-corrected chi connectivity index (χ3v) is 4.46. The van der Waals surface area contributed by atoms with Gasteiger partial charge in [0.05, 0.1) is 18.7 Å². The molecule has 3 aromatic rings. The van der Waals surface area contributed by atoms with Crippen LogP contribution in [0, 0.1) is 0 Å². The molecule has 146 valence electrons. The number of nitrogens with zero attached hydrogens (tertiary/aromatic N) is 1. The lowest BCUT2D eigenvalue weighted by molar-refractivity contribution is -0.146. The van der Waals surface area contributed by atoms with Crippen molar-refractivity contribution in [2.45, 2.75) is 27.3 Å². The van der Waals surface area contributed by atoms with Crippen LogP contribution < -0.4 is 5.32 Å². The van der Waals surface area contributed by atoms with E-state index in [1.54, 1.807) is 13.8 Å². The van der Waals surface area contributed by atoms with Gasteiger partial charge < -0.3 is 19.4 Å². The van der Waals surface area contributed by atoms with Crippen LogP contribution in [-0.2, 0) is 25.6 Å². The second-order valence-corrected chi connectivity index (χ2v) is 6.14. The number of para-hydroxylation sites is 1. The number of aromatic nitrogens is 1. The Morgan fingerprint density at radius 2 is 1.57 bits per heavy atom. The third kappa shape index (κ3) is 3.71. The number of ether oxygens (including phenoxy) is 2. The maximum absolute atomic E-state index is 12.1. The maximum atomic E-state index is 12.1. The fourth-order valence-electron chi connectivity index (χ4n) is 3.25. The molecule has 0 saturated carbocycles. The molecule has 0 atom stereocenters. The fraction of sp³-hybridized carbons (Fsp3) is 0.273. The average molecular weight is 380 g/mol. The van der Waals surface area contributed by atoms with Crippen molar-refractivity contribution < 1.29 is 19.1 Å². The Morgan fingerprint density at radius 3 is 2.21 bits per heavy atom. The molecule has 2 aromatic carbocycles. The molecule has 0 bridgehead atoms. The second-order valence-electron chi connectivity index (χ2n) is 6.14. The van der Waals surface area contributed by atoms with Gasteiger partial charge in [-0.05, 0) is 39.0 Å². The molecule has 0 spiro atoms. The van der Waals surface area contributed by atoms with Gasteiger partial charge in [0.15, 0.2) is 5.57 Å². The van der Waals surface area contributed by atoms with Gasteiger partial charge in [-0.1, -0.05) is 24.3 Å². The molecule has 6 heteroatoms. The molecule has 0 aliphatic rings. The standard InChI is InChI=1S/C22H24N2O4/c1-4-24-19-10-8-7-9-16(19)17-12-11-15(13-20(17)24)23-14-18(21(25)27-5-2)22(26)28-6-3/h7-14,23H,4-6H2,1-3H3. The van der Waals surface area contributed by atoms with Gasteiger partial charge in [-0.2, -0.15) is 0 Å². The summed E-state index contributed by atoms with van der Waals surface area (Å²) in [7, 11) is 0. The lowest BCUT2D eigenvalue weighted by Crippen LogP contribution is -2.19. The van der Waals surface area contributed by atoms with Crippen molar-refractivity contribution in [1.82, 2.24) is 4.57 Å². The third-order valence-electron chi connectivity index (χ3n) is 4.46. The Kier molecular flexibility index (Phi) is 5.99. The van der Waals surface area contributed by atoms with Gasteiger partial charge in [0.1, 0.15) is 0 Å². The van der Waals surface area contributed by atoms with Crippen molar-refractivity contribution in [2.24, 2.45) is 0 Å². The van der Waals surface area contributed by atoms with Crippen LogP contribution in [0.3, 0.4) is 0 Å². The van der Waals surface area contributed by atoms with Crippen LogP contribution in [0.1, 0.15) is 20.8 Å². The Hall–Kier alpha value is -3.28. The Morgan fingerprint density at radius 1 is 0.929 bits per heavy atom. The van der Waals surface area contributed by atoms with Gasteiger partial charge in [0, 0.05) is 34.7 Å². The summed E-state index contributed by atoms with van der Waals surface area (Å²) in [6.07, 6.45) is 1.34. The zero-order valence-corrected chi connectivity index (χ0v) is 16.3. The molecule has 0 saturated heterocycles. The zero-order chi connectivity index (χ0) is 20.1. The number of rotatable bonds is 7. The molecule has 0 aliphatic heterocycles. The lowest BCUT2D eigenvalue weighted by Gasteiger charge is -2.08. The van der Waals surface area contributed by atoms with E-state index in [4.69, 9.17) is 9.47 Å².